The number of fused-ring (bicyclic) bond motifs is 2. The molecule has 0 aliphatic rings. The Morgan fingerprint density at radius 1 is 0.969 bits per heavy atom. The average Bonchev–Trinajstić information content (AvgIpc) is 3.22. The lowest BCUT2D eigenvalue weighted by Gasteiger charge is -2.12. The van der Waals surface area contributed by atoms with Crippen molar-refractivity contribution in [2.24, 2.45) is 0 Å². The summed E-state index contributed by atoms with van der Waals surface area (Å²) >= 11 is 0. The Balaban J connectivity index is 1.34. The molecule has 0 saturated carbocycles. The van der Waals surface area contributed by atoms with E-state index in [1.54, 1.807) is 0 Å². The highest BCUT2D eigenvalue weighted by atomic mass is 16.5. The molecule has 0 aliphatic heterocycles. The highest BCUT2D eigenvalue weighted by Crippen LogP contribution is 2.29. The van der Waals surface area contributed by atoms with Crippen molar-refractivity contribution in [3.63, 3.8) is 0 Å². The fourth-order valence-electron chi connectivity index (χ4n) is 3.70. The van der Waals surface area contributed by atoms with E-state index < -0.39 is 0 Å². The number of ether oxygens (including phenoxy) is 1. The van der Waals surface area contributed by atoms with Crippen LogP contribution < -0.4 is 10.1 Å². The summed E-state index contributed by atoms with van der Waals surface area (Å²) in [7, 11) is 0. The molecule has 0 saturated heterocycles. The van der Waals surface area contributed by atoms with E-state index in [0.717, 1.165) is 38.6 Å². The number of amides is 1. The molecule has 5 aromatic rings. The Labute approximate surface area is 185 Å². The van der Waals surface area contributed by atoms with Crippen LogP contribution in [-0.4, -0.2) is 17.5 Å². The first-order chi connectivity index (χ1) is 15.6. The number of anilines is 1. The maximum atomic E-state index is 12.6. The van der Waals surface area contributed by atoms with Gasteiger partial charge in [-0.3, -0.25) is 4.79 Å². The van der Waals surface area contributed by atoms with E-state index in [1.165, 1.54) is 0 Å². The standard InChI is InChI=1S/C27H22N2O3/c1-17-10-13-22-25(14-17)32-27(29-22)20-12-11-18(2)23(15-20)28-26(30)16-31-24-9-5-7-19-6-3-4-8-21(19)24/h3-15H,16H2,1-2H3,(H,28,30). The molecule has 1 aromatic heterocycles. The van der Waals surface area contributed by atoms with Crippen molar-refractivity contribution >= 4 is 33.5 Å². The fraction of sp³-hybridized carbons (Fsp3) is 0.111. The van der Waals surface area contributed by atoms with Gasteiger partial charge < -0.3 is 14.5 Å². The number of oxazole rings is 1. The molecule has 1 N–H and O–H groups in total. The Kier molecular flexibility index (Phi) is 5.07. The van der Waals surface area contributed by atoms with E-state index in [4.69, 9.17) is 9.15 Å². The van der Waals surface area contributed by atoms with Gasteiger partial charge in [0.15, 0.2) is 12.2 Å². The number of hydrogen-bond donors (Lipinski definition) is 1. The Hall–Kier alpha value is -4.12. The smallest absolute Gasteiger partial charge is 0.262 e. The first-order valence-corrected chi connectivity index (χ1v) is 10.5. The molecule has 1 heterocycles. The second kappa shape index (κ2) is 8.19. The molecule has 0 unspecified atom stereocenters. The van der Waals surface area contributed by atoms with Crippen molar-refractivity contribution in [1.29, 1.82) is 0 Å². The summed E-state index contributed by atoms with van der Waals surface area (Å²) in [4.78, 5) is 17.2. The van der Waals surface area contributed by atoms with E-state index in [-0.39, 0.29) is 12.5 Å². The van der Waals surface area contributed by atoms with Crippen LogP contribution in [0.5, 0.6) is 5.75 Å². The Bertz CT molecular complexity index is 1450. The first kappa shape index (κ1) is 19.8. The number of aromatic nitrogens is 1. The highest BCUT2D eigenvalue weighted by Gasteiger charge is 2.12. The van der Waals surface area contributed by atoms with Gasteiger partial charge in [0.25, 0.3) is 5.91 Å². The number of benzene rings is 4. The zero-order valence-corrected chi connectivity index (χ0v) is 17.9. The van der Waals surface area contributed by atoms with Gasteiger partial charge in [-0.25, -0.2) is 4.98 Å². The second-order valence-electron chi connectivity index (χ2n) is 7.83. The summed E-state index contributed by atoms with van der Waals surface area (Å²) in [5, 5.41) is 5.00. The predicted molar refractivity (Wildman–Crippen MR) is 127 cm³/mol. The lowest BCUT2D eigenvalue weighted by Crippen LogP contribution is -2.20. The van der Waals surface area contributed by atoms with Crippen LogP contribution in [0.3, 0.4) is 0 Å². The van der Waals surface area contributed by atoms with Crippen LogP contribution in [0.15, 0.2) is 83.3 Å². The van der Waals surface area contributed by atoms with Gasteiger partial charge in [-0.1, -0.05) is 48.5 Å². The first-order valence-electron chi connectivity index (χ1n) is 10.5. The van der Waals surface area contributed by atoms with Gasteiger partial charge in [-0.15, -0.1) is 0 Å². The van der Waals surface area contributed by atoms with E-state index in [9.17, 15) is 4.79 Å². The summed E-state index contributed by atoms with van der Waals surface area (Å²) in [6, 6.07) is 25.4. The molecular formula is C27H22N2O3. The largest absolute Gasteiger partial charge is 0.483 e. The molecule has 0 fully saturated rings. The van der Waals surface area contributed by atoms with Crippen LogP contribution in [0.25, 0.3) is 33.3 Å². The van der Waals surface area contributed by atoms with Crippen LogP contribution in [0, 0.1) is 13.8 Å². The molecule has 5 heteroatoms. The molecule has 32 heavy (non-hydrogen) atoms. The number of aryl methyl sites for hydroxylation is 2. The van der Waals surface area contributed by atoms with Gasteiger partial charge >= 0.3 is 0 Å². The van der Waals surface area contributed by atoms with E-state index >= 15 is 0 Å². The molecule has 0 atom stereocenters. The highest BCUT2D eigenvalue weighted by molar-refractivity contribution is 5.94. The van der Waals surface area contributed by atoms with Crippen molar-refractivity contribution in [3.8, 4) is 17.2 Å². The lowest BCUT2D eigenvalue weighted by atomic mass is 10.1. The number of nitrogens with zero attached hydrogens (tertiary/aromatic N) is 1. The molecule has 0 bridgehead atoms. The van der Waals surface area contributed by atoms with Crippen LogP contribution in [0.4, 0.5) is 5.69 Å². The number of carbonyl (C=O) groups is 1. The molecule has 0 radical (unpaired) electrons. The Morgan fingerprint density at radius 3 is 2.72 bits per heavy atom. The fourth-order valence-corrected chi connectivity index (χ4v) is 3.70. The third kappa shape index (κ3) is 3.93. The van der Waals surface area contributed by atoms with Gasteiger partial charge in [-0.2, -0.15) is 0 Å². The maximum Gasteiger partial charge on any atom is 0.262 e. The molecule has 0 spiro atoms. The zero-order chi connectivity index (χ0) is 22.1. The molecular weight excluding hydrogens is 400 g/mol. The third-order valence-electron chi connectivity index (χ3n) is 5.41. The van der Waals surface area contributed by atoms with E-state index in [2.05, 4.69) is 10.3 Å². The Morgan fingerprint density at radius 2 is 1.81 bits per heavy atom. The molecule has 0 aliphatic carbocycles. The number of hydrogen-bond acceptors (Lipinski definition) is 4. The molecule has 5 rings (SSSR count). The van der Waals surface area contributed by atoms with E-state index in [0.29, 0.717) is 17.3 Å². The van der Waals surface area contributed by atoms with Gasteiger partial charge in [0.05, 0.1) is 0 Å². The average molecular weight is 422 g/mol. The predicted octanol–water partition coefficient (Wildman–Crippen LogP) is 6.28. The minimum Gasteiger partial charge on any atom is -0.483 e. The molecule has 5 nitrogen and oxygen atoms in total. The summed E-state index contributed by atoms with van der Waals surface area (Å²) in [6.45, 7) is 3.88. The van der Waals surface area contributed by atoms with E-state index in [1.807, 2.05) is 92.7 Å². The van der Waals surface area contributed by atoms with Crippen molar-refractivity contribution in [3.05, 3.63) is 90.0 Å². The van der Waals surface area contributed by atoms with Gasteiger partial charge in [-0.05, 0) is 60.7 Å². The molecule has 158 valence electrons. The van der Waals surface area contributed by atoms with Gasteiger partial charge in [0.2, 0.25) is 5.89 Å². The molecule has 1 amide bonds. The summed E-state index contributed by atoms with van der Waals surface area (Å²) < 4.78 is 11.7. The van der Waals surface area contributed by atoms with Gasteiger partial charge in [0.1, 0.15) is 11.3 Å². The summed E-state index contributed by atoms with van der Waals surface area (Å²) in [5.74, 6) is 0.977. The minimum absolute atomic E-state index is 0.0835. The van der Waals surface area contributed by atoms with Crippen LogP contribution in [-0.2, 0) is 4.79 Å². The summed E-state index contributed by atoms with van der Waals surface area (Å²) in [5.41, 5.74) is 5.11. The monoisotopic (exact) mass is 422 g/mol. The lowest BCUT2D eigenvalue weighted by molar-refractivity contribution is -0.118. The number of rotatable bonds is 5. The summed E-state index contributed by atoms with van der Waals surface area (Å²) in [6.07, 6.45) is 0. The number of nitrogens with one attached hydrogen (secondary N) is 1. The van der Waals surface area contributed by atoms with Crippen LogP contribution in [0.2, 0.25) is 0 Å². The maximum absolute atomic E-state index is 12.6. The van der Waals surface area contributed by atoms with Crippen LogP contribution in [0.1, 0.15) is 11.1 Å². The third-order valence-corrected chi connectivity index (χ3v) is 5.41. The molecule has 4 aromatic carbocycles. The normalized spacial score (nSPS) is 11.1. The zero-order valence-electron chi connectivity index (χ0n) is 17.9. The van der Waals surface area contributed by atoms with Crippen LogP contribution >= 0.6 is 0 Å². The minimum atomic E-state index is -0.230. The van der Waals surface area contributed by atoms with Crippen molar-refractivity contribution in [1.82, 2.24) is 4.98 Å². The second-order valence-corrected chi connectivity index (χ2v) is 7.83. The quantitative estimate of drug-likeness (QED) is 0.362. The SMILES string of the molecule is Cc1ccc2nc(-c3ccc(C)c(NC(=O)COc4cccc5ccccc45)c3)oc2c1. The van der Waals surface area contributed by atoms with Crippen molar-refractivity contribution in [2.75, 3.05) is 11.9 Å². The van der Waals surface area contributed by atoms with Gasteiger partial charge in [0, 0.05) is 16.6 Å². The number of carbonyl (C=O) groups excluding carboxylic acids is 1. The van der Waals surface area contributed by atoms with Crippen molar-refractivity contribution < 1.29 is 13.9 Å². The van der Waals surface area contributed by atoms with Crippen molar-refractivity contribution in [2.45, 2.75) is 13.8 Å². The topological polar surface area (TPSA) is 64.4 Å².